The molecule has 0 aliphatic carbocycles. The highest BCUT2D eigenvalue weighted by atomic mass is 32.2. The normalized spacial score (nSPS) is 11.1. The molecule has 0 amide bonds. The van der Waals surface area contributed by atoms with Crippen molar-refractivity contribution in [3.63, 3.8) is 0 Å². The minimum absolute atomic E-state index is 0.0121. The summed E-state index contributed by atoms with van der Waals surface area (Å²) in [6.07, 6.45) is 0. The van der Waals surface area contributed by atoms with E-state index in [0.717, 1.165) is 16.7 Å². The number of carbonyl (C=O) groups is 1. The fourth-order valence-electron chi connectivity index (χ4n) is 3.41. The van der Waals surface area contributed by atoms with Gasteiger partial charge in [-0.05, 0) is 55.3 Å². The van der Waals surface area contributed by atoms with Gasteiger partial charge in [0.05, 0.1) is 23.2 Å². The standard InChI is InChI=1S/C25H21FN2O2S/c1-16-7-8-17(2)21(13-16)23(29)15-31-25-27-22-6-4-3-5-20(22)24(30)28(25)14-18-9-11-19(26)12-10-18/h3-13H,14-15H2,1-2H3. The number of Topliss-reactive ketones (excluding diaryl/α,β-unsaturated/α-hetero) is 1. The monoisotopic (exact) mass is 432 g/mol. The van der Waals surface area contributed by atoms with Crippen molar-refractivity contribution in [3.8, 4) is 0 Å². The molecule has 4 rings (SSSR count). The molecule has 4 nitrogen and oxygen atoms in total. The topological polar surface area (TPSA) is 52.0 Å². The van der Waals surface area contributed by atoms with Gasteiger partial charge in [0.15, 0.2) is 10.9 Å². The van der Waals surface area contributed by atoms with Crippen LogP contribution in [0.3, 0.4) is 0 Å². The second-order valence-electron chi connectivity index (χ2n) is 7.46. The largest absolute Gasteiger partial charge is 0.293 e. The van der Waals surface area contributed by atoms with Crippen molar-refractivity contribution >= 4 is 28.4 Å². The zero-order chi connectivity index (χ0) is 22.0. The maximum Gasteiger partial charge on any atom is 0.262 e. The van der Waals surface area contributed by atoms with E-state index in [2.05, 4.69) is 4.98 Å². The molecule has 0 bridgehead atoms. The first-order valence-corrected chi connectivity index (χ1v) is 10.9. The molecule has 1 aromatic heterocycles. The summed E-state index contributed by atoms with van der Waals surface area (Å²) in [5, 5.41) is 0.974. The SMILES string of the molecule is Cc1ccc(C)c(C(=O)CSc2nc3ccccc3c(=O)n2Cc2ccc(F)cc2)c1. The smallest absolute Gasteiger partial charge is 0.262 e. The highest BCUT2D eigenvalue weighted by Gasteiger charge is 2.16. The maximum atomic E-state index is 13.3. The number of aryl methyl sites for hydroxylation is 2. The van der Waals surface area contributed by atoms with Crippen molar-refractivity contribution in [3.05, 3.63) is 105 Å². The molecule has 4 aromatic rings. The molecule has 0 aliphatic rings. The van der Waals surface area contributed by atoms with Crippen molar-refractivity contribution in [1.29, 1.82) is 0 Å². The number of para-hydroxylation sites is 1. The quantitative estimate of drug-likeness (QED) is 0.239. The number of hydrogen-bond acceptors (Lipinski definition) is 4. The predicted molar refractivity (Wildman–Crippen MR) is 122 cm³/mol. The highest BCUT2D eigenvalue weighted by molar-refractivity contribution is 7.99. The van der Waals surface area contributed by atoms with Gasteiger partial charge >= 0.3 is 0 Å². The Labute approximate surface area is 183 Å². The Morgan fingerprint density at radius 3 is 2.55 bits per heavy atom. The summed E-state index contributed by atoms with van der Waals surface area (Å²) in [7, 11) is 0. The summed E-state index contributed by atoms with van der Waals surface area (Å²) in [6.45, 7) is 4.11. The van der Waals surface area contributed by atoms with Gasteiger partial charge in [0.2, 0.25) is 0 Å². The van der Waals surface area contributed by atoms with Gasteiger partial charge in [-0.2, -0.15) is 0 Å². The first kappa shape index (κ1) is 21.0. The van der Waals surface area contributed by atoms with Crippen LogP contribution in [0.4, 0.5) is 4.39 Å². The average Bonchev–Trinajstić information content (AvgIpc) is 2.77. The van der Waals surface area contributed by atoms with Crippen LogP contribution in [0, 0.1) is 19.7 Å². The van der Waals surface area contributed by atoms with E-state index in [0.29, 0.717) is 21.6 Å². The number of benzene rings is 3. The summed E-state index contributed by atoms with van der Waals surface area (Å²) in [5.74, 6) is -0.179. The predicted octanol–water partition coefficient (Wildman–Crippen LogP) is 5.18. The van der Waals surface area contributed by atoms with E-state index in [-0.39, 0.29) is 29.5 Å². The molecule has 0 spiro atoms. The summed E-state index contributed by atoms with van der Waals surface area (Å²) in [5.41, 5.74) is 3.81. The molecule has 3 aromatic carbocycles. The second kappa shape index (κ2) is 8.86. The fraction of sp³-hybridized carbons (Fsp3) is 0.160. The number of halogens is 1. The molecule has 0 N–H and O–H groups in total. The van der Waals surface area contributed by atoms with Crippen molar-refractivity contribution in [2.75, 3.05) is 5.75 Å². The van der Waals surface area contributed by atoms with E-state index < -0.39 is 0 Å². The van der Waals surface area contributed by atoms with Gasteiger partial charge in [0, 0.05) is 5.56 Å². The summed E-state index contributed by atoms with van der Waals surface area (Å²) < 4.78 is 14.9. The number of hydrogen-bond donors (Lipinski definition) is 0. The van der Waals surface area contributed by atoms with Gasteiger partial charge in [-0.15, -0.1) is 0 Å². The van der Waals surface area contributed by atoms with E-state index >= 15 is 0 Å². The fourth-order valence-corrected chi connectivity index (χ4v) is 4.30. The molecule has 0 fully saturated rings. The van der Waals surface area contributed by atoms with E-state index in [9.17, 15) is 14.0 Å². The molecule has 31 heavy (non-hydrogen) atoms. The van der Waals surface area contributed by atoms with Gasteiger partial charge in [-0.25, -0.2) is 9.37 Å². The van der Waals surface area contributed by atoms with Crippen molar-refractivity contribution in [2.45, 2.75) is 25.5 Å². The van der Waals surface area contributed by atoms with E-state index in [1.54, 1.807) is 34.9 Å². The van der Waals surface area contributed by atoms with E-state index in [1.807, 2.05) is 38.1 Å². The zero-order valence-corrected chi connectivity index (χ0v) is 18.1. The van der Waals surface area contributed by atoms with Gasteiger partial charge in [0.25, 0.3) is 5.56 Å². The van der Waals surface area contributed by atoms with Crippen LogP contribution in [-0.4, -0.2) is 21.1 Å². The number of rotatable bonds is 6. The Morgan fingerprint density at radius 1 is 1.03 bits per heavy atom. The molecule has 6 heteroatoms. The van der Waals surface area contributed by atoms with Crippen LogP contribution in [0.15, 0.2) is 76.7 Å². The summed E-state index contributed by atoms with van der Waals surface area (Å²) >= 11 is 1.24. The number of nitrogens with zero attached hydrogens (tertiary/aromatic N) is 2. The molecule has 1 heterocycles. The van der Waals surface area contributed by atoms with Crippen molar-refractivity contribution in [1.82, 2.24) is 9.55 Å². The molecule has 0 atom stereocenters. The van der Waals surface area contributed by atoms with Crippen LogP contribution in [0.1, 0.15) is 27.0 Å². The molecule has 0 radical (unpaired) electrons. The first-order chi connectivity index (χ1) is 14.9. The minimum atomic E-state index is -0.332. The molecule has 0 aliphatic heterocycles. The third-order valence-corrected chi connectivity index (χ3v) is 6.08. The van der Waals surface area contributed by atoms with Crippen LogP contribution in [0.2, 0.25) is 0 Å². The third kappa shape index (κ3) is 4.59. The second-order valence-corrected chi connectivity index (χ2v) is 8.40. The van der Waals surface area contributed by atoms with Gasteiger partial charge in [-0.1, -0.05) is 53.7 Å². The molecule has 0 unspecified atom stereocenters. The Morgan fingerprint density at radius 2 is 1.77 bits per heavy atom. The van der Waals surface area contributed by atoms with Crippen molar-refractivity contribution in [2.24, 2.45) is 0 Å². The van der Waals surface area contributed by atoms with Crippen molar-refractivity contribution < 1.29 is 9.18 Å². The van der Waals surface area contributed by atoms with Crippen LogP contribution in [0.25, 0.3) is 10.9 Å². The molecule has 0 saturated carbocycles. The van der Waals surface area contributed by atoms with Crippen LogP contribution >= 0.6 is 11.8 Å². The number of aromatic nitrogens is 2. The molecule has 156 valence electrons. The highest BCUT2D eigenvalue weighted by Crippen LogP contribution is 2.22. The average molecular weight is 433 g/mol. The Balaban J connectivity index is 1.70. The summed E-state index contributed by atoms with van der Waals surface area (Å²) in [6, 6.07) is 19.0. The third-order valence-electron chi connectivity index (χ3n) is 5.11. The van der Waals surface area contributed by atoms with E-state index in [4.69, 9.17) is 0 Å². The number of carbonyl (C=O) groups excluding carboxylic acids is 1. The molecular formula is C25H21FN2O2S. The van der Waals surface area contributed by atoms with Crippen LogP contribution < -0.4 is 5.56 Å². The van der Waals surface area contributed by atoms with E-state index in [1.165, 1.54) is 23.9 Å². The lowest BCUT2D eigenvalue weighted by Crippen LogP contribution is -2.24. The molecular weight excluding hydrogens is 411 g/mol. The number of fused-ring (bicyclic) bond motifs is 1. The lowest BCUT2D eigenvalue weighted by molar-refractivity contribution is 0.102. The Kier molecular flexibility index (Phi) is 6.00. The van der Waals surface area contributed by atoms with Gasteiger partial charge in [-0.3, -0.25) is 14.2 Å². The number of thioether (sulfide) groups is 1. The Hall–Kier alpha value is -3.25. The maximum absolute atomic E-state index is 13.3. The van der Waals surface area contributed by atoms with Crippen LogP contribution in [0.5, 0.6) is 0 Å². The van der Waals surface area contributed by atoms with Gasteiger partial charge < -0.3 is 0 Å². The Bertz CT molecular complexity index is 1330. The zero-order valence-electron chi connectivity index (χ0n) is 17.3. The lowest BCUT2D eigenvalue weighted by atomic mass is 10.0. The number of ketones is 1. The van der Waals surface area contributed by atoms with Gasteiger partial charge in [0.1, 0.15) is 5.82 Å². The lowest BCUT2D eigenvalue weighted by Gasteiger charge is -2.13. The molecule has 0 saturated heterocycles. The minimum Gasteiger partial charge on any atom is -0.293 e. The van der Waals surface area contributed by atoms with Crippen LogP contribution in [-0.2, 0) is 6.54 Å². The first-order valence-electron chi connectivity index (χ1n) is 9.89. The summed E-state index contributed by atoms with van der Waals surface area (Å²) in [4.78, 5) is 30.7.